The summed E-state index contributed by atoms with van der Waals surface area (Å²) >= 11 is 0. The fourth-order valence-corrected chi connectivity index (χ4v) is 3.83. The van der Waals surface area contributed by atoms with E-state index < -0.39 is 10.0 Å². The minimum atomic E-state index is -3.26. The molecule has 1 aromatic carbocycles. The van der Waals surface area contributed by atoms with Crippen LogP contribution in [0.2, 0.25) is 0 Å². The highest BCUT2D eigenvalue weighted by atomic mass is 32.2. The van der Waals surface area contributed by atoms with E-state index in [-0.39, 0.29) is 5.75 Å². The van der Waals surface area contributed by atoms with E-state index in [2.05, 4.69) is 23.9 Å². The third-order valence-corrected chi connectivity index (χ3v) is 5.32. The Labute approximate surface area is 128 Å². The lowest BCUT2D eigenvalue weighted by Gasteiger charge is -2.23. The maximum atomic E-state index is 12.1. The summed E-state index contributed by atoms with van der Waals surface area (Å²) in [6.07, 6.45) is 4.16. The number of sulfonamides is 1. The lowest BCUT2D eigenvalue weighted by atomic mass is 10.0. The normalized spacial score (nSPS) is 19.7. The Hall–Kier alpha value is -1.07. The Balaban J connectivity index is 1.87. The summed E-state index contributed by atoms with van der Waals surface area (Å²) < 4.78 is 26.9. The van der Waals surface area contributed by atoms with Crippen molar-refractivity contribution < 1.29 is 8.42 Å². The van der Waals surface area contributed by atoms with Gasteiger partial charge in [-0.15, -0.1) is 0 Å². The van der Waals surface area contributed by atoms with Gasteiger partial charge in [0.15, 0.2) is 0 Å². The van der Waals surface area contributed by atoms with Crippen molar-refractivity contribution in [1.82, 2.24) is 5.32 Å². The summed E-state index contributed by atoms with van der Waals surface area (Å²) in [5.74, 6) is 0.629. The molecule has 0 saturated carbocycles. The molecule has 1 heterocycles. The highest BCUT2D eigenvalue weighted by Crippen LogP contribution is 2.18. The largest absolute Gasteiger partial charge is 0.314 e. The molecule has 1 atom stereocenters. The number of hydrogen-bond acceptors (Lipinski definition) is 3. The van der Waals surface area contributed by atoms with Gasteiger partial charge < -0.3 is 5.32 Å². The number of piperidine rings is 1. The molecule has 4 nitrogen and oxygen atoms in total. The van der Waals surface area contributed by atoms with Gasteiger partial charge >= 0.3 is 0 Å². The molecule has 1 aromatic rings. The van der Waals surface area contributed by atoms with Crippen LogP contribution in [0.3, 0.4) is 0 Å². The van der Waals surface area contributed by atoms with Crippen molar-refractivity contribution in [3.63, 3.8) is 0 Å². The van der Waals surface area contributed by atoms with Gasteiger partial charge in [-0.1, -0.05) is 32.4 Å². The van der Waals surface area contributed by atoms with Crippen LogP contribution in [-0.4, -0.2) is 26.8 Å². The Morgan fingerprint density at radius 2 is 1.95 bits per heavy atom. The number of anilines is 1. The molecular weight excluding hydrogens is 284 g/mol. The lowest BCUT2D eigenvalue weighted by molar-refractivity contribution is 0.393. The summed E-state index contributed by atoms with van der Waals surface area (Å²) in [6.45, 7) is 5.25. The highest BCUT2D eigenvalue weighted by Gasteiger charge is 2.17. The molecule has 0 spiro atoms. The van der Waals surface area contributed by atoms with Crippen LogP contribution < -0.4 is 10.0 Å². The molecule has 21 heavy (non-hydrogen) atoms. The zero-order chi connectivity index (χ0) is 15.3. The standard InChI is InChI=1S/C16H26N2O2S/c1-13(2)14-6-8-16(9-7-14)18-21(19,20)12-10-15-5-3-4-11-17-15/h6-9,13,15,17-18H,3-5,10-12H2,1-2H3. The van der Waals surface area contributed by atoms with Crippen LogP contribution in [0, 0.1) is 0 Å². The molecule has 5 heteroatoms. The Kier molecular flexibility index (Phi) is 5.65. The molecular formula is C16H26N2O2S. The minimum absolute atomic E-state index is 0.177. The molecule has 1 unspecified atom stereocenters. The first-order chi connectivity index (χ1) is 9.96. The van der Waals surface area contributed by atoms with Crippen LogP contribution >= 0.6 is 0 Å². The van der Waals surface area contributed by atoms with Crippen LogP contribution in [0.15, 0.2) is 24.3 Å². The van der Waals surface area contributed by atoms with Crippen molar-refractivity contribution in [2.45, 2.75) is 51.5 Å². The predicted molar refractivity (Wildman–Crippen MR) is 88.2 cm³/mol. The minimum Gasteiger partial charge on any atom is -0.314 e. The number of hydrogen-bond donors (Lipinski definition) is 2. The molecule has 1 fully saturated rings. The van der Waals surface area contributed by atoms with Gasteiger partial charge in [0.05, 0.1) is 5.75 Å². The van der Waals surface area contributed by atoms with Gasteiger partial charge in [0.25, 0.3) is 0 Å². The molecule has 0 amide bonds. The van der Waals surface area contributed by atoms with Crippen molar-refractivity contribution >= 4 is 15.7 Å². The van der Waals surface area contributed by atoms with E-state index >= 15 is 0 Å². The zero-order valence-corrected chi connectivity index (χ0v) is 13.7. The quantitative estimate of drug-likeness (QED) is 0.849. The monoisotopic (exact) mass is 310 g/mol. The second-order valence-corrected chi connectivity index (χ2v) is 7.98. The molecule has 2 rings (SSSR count). The van der Waals surface area contributed by atoms with E-state index in [9.17, 15) is 8.42 Å². The SMILES string of the molecule is CC(C)c1ccc(NS(=O)(=O)CCC2CCCCN2)cc1. The smallest absolute Gasteiger partial charge is 0.232 e. The van der Waals surface area contributed by atoms with E-state index in [0.717, 1.165) is 13.0 Å². The van der Waals surface area contributed by atoms with Crippen molar-refractivity contribution in [3.05, 3.63) is 29.8 Å². The molecule has 118 valence electrons. The fourth-order valence-electron chi connectivity index (χ4n) is 2.63. The molecule has 1 aliphatic heterocycles. The topological polar surface area (TPSA) is 58.2 Å². The molecule has 0 bridgehead atoms. The fraction of sp³-hybridized carbons (Fsp3) is 0.625. The average molecular weight is 310 g/mol. The van der Waals surface area contributed by atoms with Crippen LogP contribution in [-0.2, 0) is 10.0 Å². The van der Waals surface area contributed by atoms with Crippen molar-refractivity contribution in [3.8, 4) is 0 Å². The highest BCUT2D eigenvalue weighted by molar-refractivity contribution is 7.92. The van der Waals surface area contributed by atoms with Crippen LogP contribution in [0.25, 0.3) is 0 Å². The maximum Gasteiger partial charge on any atom is 0.232 e. The van der Waals surface area contributed by atoms with Crippen molar-refractivity contribution in [1.29, 1.82) is 0 Å². The van der Waals surface area contributed by atoms with E-state index in [4.69, 9.17) is 0 Å². The van der Waals surface area contributed by atoms with Crippen LogP contribution in [0.4, 0.5) is 5.69 Å². The van der Waals surface area contributed by atoms with E-state index in [0.29, 0.717) is 24.1 Å². The van der Waals surface area contributed by atoms with Crippen molar-refractivity contribution in [2.75, 3.05) is 17.0 Å². The first kappa shape index (κ1) is 16.3. The summed E-state index contributed by atoms with van der Waals surface area (Å²) in [6, 6.07) is 7.98. The molecule has 0 aliphatic carbocycles. The number of benzene rings is 1. The van der Waals surface area contributed by atoms with Gasteiger partial charge in [0, 0.05) is 11.7 Å². The van der Waals surface area contributed by atoms with Gasteiger partial charge in [-0.05, 0) is 49.4 Å². The second kappa shape index (κ2) is 7.27. The first-order valence-electron chi connectivity index (χ1n) is 7.80. The number of nitrogens with one attached hydrogen (secondary N) is 2. The molecule has 0 aromatic heterocycles. The van der Waals surface area contributed by atoms with Gasteiger partial charge in [-0.2, -0.15) is 0 Å². The summed E-state index contributed by atoms with van der Waals surface area (Å²) in [5.41, 5.74) is 1.86. The van der Waals surface area contributed by atoms with Crippen LogP contribution in [0.1, 0.15) is 51.0 Å². The first-order valence-corrected chi connectivity index (χ1v) is 9.45. The molecule has 0 radical (unpaired) electrons. The van der Waals surface area contributed by atoms with E-state index in [1.54, 1.807) is 0 Å². The molecule has 1 aliphatic rings. The Morgan fingerprint density at radius 1 is 1.24 bits per heavy atom. The zero-order valence-electron chi connectivity index (χ0n) is 12.9. The van der Waals surface area contributed by atoms with E-state index in [1.807, 2.05) is 24.3 Å². The van der Waals surface area contributed by atoms with Gasteiger partial charge in [0.2, 0.25) is 10.0 Å². The summed E-state index contributed by atoms with van der Waals surface area (Å²) in [5, 5.41) is 3.38. The average Bonchev–Trinajstić information content (AvgIpc) is 2.46. The second-order valence-electron chi connectivity index (χ2n) is 6.13. The Bertz CT molecular complexity index is 532. The van der Waals surface area contributed by atoms with Crippen molar-refractivity contribution in [2.24, 2.45) is 0 Å². The third kappa shape index (κ3) is 5.32. The maximum absolute atomic E-state index is 12.1. The predicted octanol–water partition coefficient (Wildman–Crippen LogP) is 3.08. The summed E-state index contributed by atoms with van der Waals surface area (Å²) in [7, 11) is -3.26. The lowest BCUT2D eigenvalue weighted by Crippen LogP contribution is -2.36. The van der Waals surface area contributed by atoms with E-state index in [1.165, 1.54) is 18.4 Å². The van der Waals surface area contributed by atoms with Gasteiger partial charge in [-0.3, -0.25) is 4.72 Å². The Morgan fingerprint density at radius 3 is 2.52 bits per heavy atom. The molecule has 1 saturated heterocycles. The third-order valence-electron chi connectivity index (χ3n) is 4.00. The summed E-state index contributed by atoms with van der Waals surface area (Å²) in [4.78, 5) is 0. The van der Waals surface area contributed by atoms with Gasteiger partial charge in [-0.25, -0.2) is 8.42 Å². The molecule has 2 N–H and O–H groups in total. The number of rotatable bonds is 6. The van der Waals surface area contributed by atoms with Crippen LogP contribution in [0.5, 0.6) is 0 Å². The van der Waals surface area contributed by atoms with Gasteiger partial charge in [0.1, 0.15) is 0 Å².